The van der Waals surface area contributed by atoms with Crippen LogP contribution in [0.1, 0.15) is 15.9 Å². The Balaban J connectivity index is 2.21. The Bertz CT molecular complexity index is 658. The molecule has 0 bridgehead atoms. The maximum Gasteiger partial charge on any atom is 0.170 e. The molecule has 0 saturated carbocycles. The molecule has 104 valence electrons. The minimum atomic E-state index is -0.602. The van der Waals surface area contributed by atoms with Crippen LogP contribution in [0.15, 0.2) is 40.9 Å². The standard InChI is InChI=1S/C15H11BrClFO2/c1-20-15-5-2-9(6-12(15)16)7-14(19)11-4-3-10(17)8-13(11)18/h2-6,8H,7H2,1H3. The Kier molecular flexibility index (Phi) is 4.78. The van der Waals surface area contributed by atoms with Crippen LogP contribution in [0.5, 0.6) is 5.75 Å². The highest BCUT2D eigenvalue weighted by atomic mass is 79.9. The Morgan fingerprint density at radius 1 is 1.30 bits per heavy atom. The van der Waals surface area contributed by atoms with Crippen LogP contribution in [0.2, 0.25) is 5.02 Å². The van der Waals surface area contributed by atoms with Gasteiger partial charge in [-0.05, 0) is 51.8 Å². The maximum absolute atomic E-state index is 13.7. The van der Waals surface area contributed by atoms with Gasteiger partial charge in [-0.1, -0.05) is 17.7 Å². The lowest BCUT2D eigenvalue weighted by molar-refractivity contribution is 0.0989. The molecule has 2 nitrogen and oxygen atoms in total. The predicted octanol–water partition coefficient (Wildman–Crippen LogP) is 4.68. The Labute approximate surface area is 129 Å². The number of rotatable bonds is 4. The van der Waals surface area contributed by atoms with Crippen LogP contribution >= 0.6 is 27.5 Å². The molecule has 0 saturated heterocycles. The van der Waals surface area contributed by atoms with E-state index in [0.717, 1.165) is 16.1 Å². The first-order valence-electron chi connectivity index (χ1n) is 5.82. The molecule has 0 atom stereocenters. The summed E-state index contributed by atoms with van der Waals surface area (Å²) in [5, 5.41) is 0.270. The van der Waals surface area contributed by atoms with E-state index in [1.807, 2.05) is 0 Å². The normalized spacial score (nSPS) is 10.4. The molecule has 0 N–H and O–H groups in total. The van der Waals surface area contributed by atoms with Gasteiger partial charge in [0.1, 0.15) is 11.6 Å². The van der Waals surface area contributed by atoms with Crippen molar-refractivity contribution in [2.45, 2.75) is 6.42 Å². The largest absolute Gasteiger partial charge is 0.496 e. The predicted molar refractivity (Wildman–Crippen MR) is 80.1 cm³/mol. The number of hydrogen-bond donors (Lipinski definition) is 0. The molecule has 0 aliphatic heterocycles. The third-order valence-corrected chi connectivity index (χ3v) is 3.67. The highest BCUT2D eigenvalue weighted by Gasteiger charge is 2.13. The molecule has 20 heavy (non-hydrogen) atoms. The second kappa shape index (κ2) is 6.37. The summed E-state index contributed by atoms with van der Waals surface area (Å²) in [6.45, 7) is 0. The van der Waals surface area contributed by atoms with Crippen molar-refractivity contribution < 1.29 is 13.9 Å². The number of methoxy groups -OCH3 is 1. The van der Waals surface area contributed by atoms with Gasteiger partial charge >= 0.3 is 0 Å². The fourth-order valence-electron chi connectivity index (χ4n) is 1.82. The van der Waals surface area contributed by atoms with E-state index in [1.165, 1.54) is 12.1 Å². The average Bonchev–Trinajstić information content (AvgIpc) is 2.38. The molecule has 0 amide bonds. The van der Waals surface area contributed by atoms with Gasteiger partial charge in [-0.15, -0.1) is 0 Å². The van der Waals surface area contributed by atoms with E-state index >= 15 is 0 Å². The van der Waals surface area contributed by atoms with Crippen LogP contribution in [0.4, 0.5) is 4.39 Å². The molecule has 0 spiro atoms. The summed E-state index contributed by atoms with van der Waals surface area (Å²) >= 11 is 9.01. The van der Waals surface area contributed by atoms with Gasteiger partial charge in [0.15, 0.2) is 5.78 Å². The zero-order valence-electron chi connectivity index (χ0n) is 10.6. The third-order valence-electron chi connectivity index (χ3n) is 2.81. The summed E-state index contributed by atoms with van der Waals surface area (Å²) in [6, 6.07) is 9.35. The SMILES string of the molecule is COc1ccc(CC(=O)c2ccc(Cl)cc2F)cc1Br. The Morgan fingerprint density at radius 3 is 2.65 bits per heavy atom. The van der Waals surface area contributed by atoms with E-state index in [0.29, 0.717) is 5.75 Å². The molecule has 2 aromatic rings. The summed E-state index contributed by atoms with van der Waals surface area (Å²) in [6.07, 6.45) is 0.112. The average molecular weight is 358 g/mol. The van der Waals surface area contributed by atoms with Crippen LogP contribution in [-0.2, 0) is 6.42 Å². The molecule has 0 radical (unpaired) electrons. The second-order valence-corrected chi connectivity index (χ2v) is 5.48. The van der Waals surface area contributed by atoms with Crippen LogP contribution in [-0.4, -0.2) is 12.9 Å². The first-order chi connectivity index (χ1) is 9.51. The number of carbonyl (C=O) groups is 1. The fourth-order valence-corrected chi connectivity index (χ4v) is 2.56. The van der Waals surface area contributed by atoms with Crippen LogP contribution < -0.4 is 4.74 Å². The highest BCUT2D eigenvalue weighted by Crippen LogP contribution is 2.26. The van der Waals surface area contributed by atoms with Gasteiger partial charge in [-0.25, -0.2) is 4.39 Å². The molecule has 0 heterocycles. The van der Waals surface area contributed by atoms with E-state index < -0.39 is 5.82 Å². The van der Waals surface area contributed by atoms with Crippen molar-refractivity contribution >= 4 is 33.3 Å². The Hall–Kier alpha value is -1.39. The molecular formula is C15H11BrClFO2. The number of halogens is 3. The second-order valence-electron chi connectivity index (χ2n) is 4.19. The smallest absolute Gasteiger partial charge is 0.170 e. The molecule has 2 rings (SSSR count). The molecule has 0 aliphatic carbocycles. The lowest BCUT2D eigenvalue weighted by Gasteiger charge is -2.07. The summed E-state index contributed by atoms with van der Waals surface area (Å²) < 4.78 is 19.5. The summed E-state index contributed by atoms with van der Waals surface area (Å²) in [7, 11) is 1.56. The monoisotopic (exact) mass is 356 g/mol. The third kappa shape index (κ3) is 3.38. The molecule has 2 aromatic carbocycles. The number of ether oxygens (including phenoxy) is 1. The zero-order valence-corrected chi connectivity index (χ0v) is 13.0. The number of benzene rings is 2. The molecular weight excluding hydrogens is 347 g/mol. The fraction of sp³-hybridized carbons (Fsp3) is 0.133. The number of hydrogen-bond acceptors (Lipinski definition) is 2. The maximum atomic E-state index is 13.7. The summed E-state index contributed by atoms with van der Waals surface area (Å²) in [5.41, 5.74) is 0.818. The minimum Gasteiger partial charge on any atom is -0.496 e. The van der Waals surface area contributed by atoms with Gasteiger partial charge in [-0.2, -0.15) is 0 Å². The van der Waals surface area contributed by atoms with Crippen LogP contribution in [0, 0.1) is 5.82 Å². The van der Waals surface area contributed by atoms with Crippen LogP contribution in [0.3, 0.4) is 0 Å². The number of ketones is 1. The van der Waals surface area contributed by atoms with Crippen molar-refractivity contribution in [3.8, 4) is 5.75 Å². The molecule has 0 fully saturated rings. The van der Waals surface area contributed by atoms with Crippen LogP contribution in [0.25, 0.3) is 0 Å². The van der Waals surface area contributed by atoms with E-state index in [4.69, 9.17) is 16.3 Å². The lowest BCUT2D eigenvalue weighted by Crippen LogP contribution is -2.06. The summed E-state index contributed by atoms with van der Waals surface area (Å²) in [4.78, 5) is 12.1. The quantitative estimate of drug-likeness (QED) is 0.743. The van der Waals surface area contributed by atoms with Crippen molar-refractivity contribution in [2.75, 3.05) is 7.11 Å². The van der Waals surface area contributed by atoms with E-state index in [9.17, 15) is 9.18 Å². The zero-order chi connectivity index (χ0) is 14.7. The van der Waals surface area contributed by atoms with Crippen molar-refractivity contribution in [3.05, 3.63) is 62.8 Å². The molecule has 0 unspecified atom stereocenters. The van der Waals surface area contributed by atoms with E-state index in [-0.39, 0.29) is 22.8 Å². The summed E-state index contributed by atoms with van der Waals surface area (Å²) in [5.74, 6) is -0.217. The van der Waals surface area contributed by atoms with Gasteiger partial charge in [0.25, 0.3) is 0 Å². The van der Waals surface area contributed by atoms with Crippen molar-refractivity contribution in [1.82, 2.24) is 0 Å². The van der Waals surface area contributed by atoms with Gasteiger partial charge in [-0.3, -0.25) is 4.79 Å². The van der Waals surface area contributed by atoms with Crippen molar-refractivity contribution in [2.24, 2.45) is 0 Å². The topological polar surface area (TPSA) is 26.3 Å². The van der Waals surface area contributed by atoms with Gasteiger partial charge < -0.3 is 4.74 Å². The minimum absolute atomic E-state index is 0.0429. The van der Waals surface area contributed by atoms with Gasteiger partial charge in [0.2, 0.25) is 0 Å². The van der Waals surface area contributed by atoms with Gasteiger partial charge in [0, 0.05) is 11.4 Å². The lowest BCUT2D eigenvalue weighted by atomic mass is 10.0. The first-order valence-corrected chi connectivity index (χ1v) is 6.99. The van der Waals surface area contributed by atoms with Gasteiger partial charge in [0.05, 0.1) is 17.1 Å². The molecule has 5 heteroatoms. The van der Waals surface area contributed by atoms with E-state index in [2.05, 4.69) is 15.9 Å². The number of carbonyl (C=O) groups excluding carboxylic acids is 1. The highest BCUT2D eigenvalue weighted by molar-refractivity contribution is 9.10. The Morgan fingerprint density at radius 2 is 2.05 bits per heavy atom. The van der Waals surface area contributed by atoms with E-state index in [1.54, 1.807) is 25.3 Å². The first kappa shape index (κ1) is 15.0. The number of Topliss-reactive ketones (excluding diaryl/α,β-unsaturated/α-hetero) is 1. The van der Waals surface area contributed by atoms with Crippen molar-refractivity contribution in [1.29, 1.82) is 0 Å². The molecule has 0 aliphatic rings. The van der Waals surface area contributed by atoms with Crippen molar-refractivity contribution in [3.63, 3.8) is 0 Å². The molecule has 0 aromatic heterocycles.